The maximum absolute atomic E-state index is 11.6. The molecule has 1 N–H and O–H groups in total. The predicted octanol–water partition coefficient (Wildman–Crippen LogP) is 3.92. The molecule has 0 aliphatic carbocycles. The van der Waals surface area contributed by atoms with Crippen LogP contribution in [0.4, 0.5) is 11.5 Å². The zero-order chi connectivity index (χ0) is 15.5. The van der Waals surface area contributed by atoms with E-state index in [-0.39, 0.29) is 5.97 Å². The highest BCUT2D eigenvalue weighted by atomic mass is 32.1. The van der Waals surface area contributed by atoms with Crippen molar-refractivity contribution in [2.75, 3.05) is 11.9 Å². The number of aromatic nitrogens is 2. The monoisotopic (exact) mass is 313 g/mol. The Labute approximate surface area is 132 Å². The summed E-state index contributed by atoms with van der Waals surface area (Å²) in [6.07, 6.45) is 1.55. The van der Waals surface area contributed by atoms with Gasteiger partial charge in [-0.3, -0.25) is 0 Å². The van der Waals surface area contributed by atoms with Gasteiger partial charge in [0.2, 0.25) is 0 Å². The summed E-state index contributed by atoms with van der Waals surface area (Å²) in [5, 5.41) is 4.26. The van der Waals surface area contributed by atoms with Crippen LogP contribution in [0.15, 0.2) is 36.7 Å². The molecule has 0 unspecified atom stereocenters. The van der Waals surface area contributed by atoms with Crippen molar-refractivity contribution in [2.45, 2.75) is 13.8 Å². The molecule has 0 spiro atoms. The molecule has 2 heterocycles. The van der Waals surface area contributed by atoms with E-state index < -0.39 is 0 Å². The van der Waals surface area contributed by atoms with Gasteiger partial charge in [0, 0.05) is 10.6 Å². The molecule has 3 rings (SSSR count). The van der Waals surface area contributed by atoms with Gasteiger partial charge < -0.3 is 10.1 Å². The largest absolute Gasteiger partial charge is 0.462 e. The maximum Gasteiger partial charge on any atom is 0.338 e. The van der Waals surface area contributed by atoms with E-state index in [1.54, 1.807) is 36.7 Å². The molecule has 0 saturated heterocycles. The van der Waals surface area contributed by atoms with E-state index in [1.165, 1.54) is 4.88 Å². The summed E-state index contributed by atoms with van der Waals surface area (Å²) in [7, 11) is 0. The summed E-state index contributed by atoms with van der Waals surface area (Å²) in [6.45, 7) is 4.20. The first-order chi connectivity index (χ1) is 10.7. The van der Waals surface area contributed by atoms with Gasteiger partial charge in [-0.1, -0.05) is 0 Å². The number of ether oxygens (including phenoxy) is 1. The normalized spacial score (nSPS) is 10.6. The number of thiophene rings is 1. The van der Waals surface area contributed by atoms with Gasteiger partial charge in [-0.15, -0.1) is 11.3 Å². The van der Waals surface area contributed by atoms with E-state index in [1.807, 2.05) is 19.1 Å². The lowest BCUT2D eigenvalue weighted by Gasteiger charge is -2.07. The van der Waals surface area contributed by atoms with Crippen molar-refractivity contribution in [3.8, 4) is 0 Å². The maximum atomic E-state index is 11.6. The van der Waals surface area contributed by atoms with Crippen LogP contribution in [-0.4, -0.2) is 22.5 Å². The Bertz CT molecular complexity index is 812. The Morgan fingerprint density at radius 2 is 2.05 bits per heavy atom. The summed E-state index contributed by atoms with van der Waals surface area (Å²) >= 11 is 1.64. The molecule has 3 aromatic rings. The second kappa shape index (κ2) is 6.11. The lowest BCUT2D eigenvalue weighted by atomic mass is 10.2. The minimum absolute atomic E-state index is 0.313. The molecule has 0 aliphatic heterocycles. The molecular formula is C16H15N3O2S. The Hall–Kier alpha value is -2.47. The number of hydrogen-bond acceptors (Lipinski definition) is 6. The number of aryl methyl sites for hydroxylation is 1. The van der Waals surface area contributed by atoms with Gasteiger partial charge >= 0.3 is 5.97 Å². The van der Waals surface area contributed by atoms with Crippen LogP contribution in [0.25, 0.3) is 10.2 Å². The number of benzene rings is 1. The first kappa shape index (κ1) is 14.5. The Kier molecular flexibility index (Phi) is 4.02. The third kappa shape index (κ3) is 2.92. The Morgan fingerprint density at radius 3 is 2.77 bits per heavy atom. The van der Waals surface area contributed by atoms with Crippen LogP contribution in [0.1, 0.15) is 22.2 Å². The summed E-state index contributed by atoms with van der Waals surface area (Å²) in [5.74, 6) is 0.449. The molecule has 6 heteroatoms. The van der Waals surface area contributed by atoms with Crippen molar-refractivity contribution in [1.82, 2.24) is 9.97 Å². The van der Waals surface area contributed by atoms with Gasteiger partial charge in [0.25, 0.3) is 0 Å². The standard InChI is InChI=1S/C16H15N3O2S/c1-3-21-16(20)11-4-6-12(7-5-11)19-14-13-8-10(2)22-15(13)18-9-17-14/h4-9H,3H2,1-2H3,(H,17,18,19). The molecule has 0 bridgehead atoms. The van der Waals surface area contributed by atoms with Crippen molar-refractivity contribution < 1.29 is 9.53 Å². The molecule has 0 radical (unpaired) electrons. The zero-order valence-corrected chi connectivity index (χ0v) is 13.1. The van der Waals surface area contributed by atoms with Crippen molar-refractivity contribution in [3.63, 3.8) is 0 Å². The van der Waals surface area contributed by atoms with Crippen molar-refractivity contribution in [2.24, 2.45) is 0 Å². The Balaban J connectivity index is 1.84. The zero-order valence-electron chi connectivity index (χ0n) is 12.3. The molecule has 5 nitrogen and oxygen atoms in total. The van der Waals surface area contributed by atoms with Gasteiger partial charge in [0.1, 0.15) is 17.0 Å². The highest BCUT2D eigenvalue weighted by Gasteiger charge is 2.09. The fourth-order valence-electron chi connectivity index (χ4n) is 2.12. The summed E-state index contributed by atoms with van der Waals surface area (Å²) in [5.41, 5.74) is 1.39. The number of carbonyl (C=O) groups is 1. The fraction of sp³-hybridized carbons (Fsp3) is 0.188. The highest BCUT2D eigenvalue weighted by molar-refractivity contribution is 7.18. The highest BCUT2D eigenvalue weighted by Crippen LogP contribution is 2.29. The summed E-state index contributed by atoms with van der Waals surface area (Å²) in [6, 6.07) is 9.20. The number of carbonyl (C=O) groups excluding carboxylic acids is 1. The second-order valence-electron chi connectivity index (χ2n) is 4.72. The number of nitrogens with zero attached hydrogens (tertiary/aromatic N) is 2. The summed E-state index contributed by atoms with van der Waals surface area (Å²) in [4.78, 5) is 22.3. The third-order valence-electron chi connectivity index (χ3n) is 3.11. The van der Waals surface area contributed by atoms with E-state index in [4.69, 9.17) is 4.74 Å². The number of anilines is 2. The van der Waals surface area contributed by atoms with Gasteiger partial charge in [-0.05, 0) is 44.2 Å². The topological polar surface area (TPSA) is 64.1 Å². The first-order valence-corrected chi connectivity index (χ1v) is 7.74. The van der Waals surface area contributed by atoms with Gasteiger partial charge in [0.15, 0.2) is 0 Å². The van der Waals surface area contributed by atoms with E-state index in [9.17, 15) is 4.79 Å². The van der Waals surface area contributed by atoms with Gasteiger partial charge in [-0.25, -0.2) is 14.8 Å². The minimum Gasteiger partial charge on any atom is -0.462 e. The predicted molar refractivity (Wildman–Crippen MR) is 87.8 cm³/mol. The lowest BCUT2D eigenvalue weighted by Crippen LogP contribution is -2.04. The summed E-state index contributed by atoms with van der Waals surface area (Å²) < 4.78 is 4.97. The molecule has 1 aromatic carbocycles. The average Bonchev–Trinajstić information content (AvgIpc) is 2.90. The molecule has 2 aromatic heterocycles. The first-order valence-electron chi connectivity index (χ1n) is 6.92. The van der Waals surface area contributed by atoms with Crippen LogP contribution in [0.5, 0.6) is 0 Å². The molecule has 0 fully saturated rings. The van der Waals surface area contributed by atoms with Gasteiger partial charge in [-0.2, -0.15) is 0 Å². The van der Waals surface area contributed by atoms with E-state index in [0.717, 1.165) is 21.7 Å². The molecule has 0 amide bonds. The average molecular weight is 313 g/mol. The number of rotatable bonds is 4. The molecule has 112 valence electrons. The molecule has 22 heavy (non-hydrogen) atoms. The smallest absolute Gasteiger partial charge is 0.338 e. The van der Waals surface area contributed by atoms with Crippen molar-refractivity contribution in [1.29, 1.82) is 0 Å². The fourth-order valence-corrected chi connectivity index (χ4v) is 2.96. The van der Waals surface area contributed by atoms with E-state index in [2.05, 4.69) is 21.4 Å². The van der Waals surface area contributed by atoms with Gasteiger partial charge in [0.05, 0.1) is 17.6 Å². The quantitative estimate of drug-likeness (QED) is 0.740. The molecule has 0 saturated carbocycles. The van der Waals surface area contributed by atoms with Crippen LogP contribution in [-0.2, 0) is 4.74 Å². The van der Waals surface area contributed by atoms with Crippen LogP contribution in [0.3, 0.4) is 0 Å². The van der Waals surface area contributed by atoms with Crippen molar-refractivity contribution >= 4 is 39.0 Å². The van der Waals surface area contributed by atoms with Crippen LogP contribution in [0, 0.1) is 6.92 Å². The molecule has 0 aliphatic rings. The van der Waals surface area contributed by atoms with E-state index in [0.29, 0.717) is 12.2 Å². The van der Waals surface area contributed by atoms with Crippen LogP contribution in [0.2, 0.25) is 0 Å². The molecule has 0 atom stereocenters. The number of fused-ring (bicyclic) bond motifs is 1. The van der Waals surface area contributed by atoms with Crippen LogP contribution < -0.4 is 5.32 Å². The number of esters is 1. The Morgan fingerprint density at radius 1 is 1.27 bits per heavy atom. The second-order valence-corrected chi connectivity index (χ2v) is 5.96. The lowest BCUT2D eigenvalue weighted by molar-refractivity contribution is 0.0526. The minimum atomic E-state index is -0.313. The SMILES string of the molecule is CCOC(=O)c1ccc(Nc2ncnc3sc(C)cc23)cc1. The van der Waals surface area contributed by atoms with Crippen molar-refractivity contribution in [3.05, 3.63) is 47.1 Å². The van der Waals surface area contributed by atoms with Crippen LogP contribution >= 0.6 is 11.3 Å². The number of nitrogens with one attached hydrogen (secondary N) is 1. The molecular weight excluding hydrogens is 298 g/mol. The van der Waals surface area contributed by atoms with E-state index >= 15 is 0 Å². The number of hydrogen-bond donors (Lipinski definition) is 1. The third-order valence-corrected chi connectivity index (χ3v) is 4.07.